The molecule has 1 unspecified atom stereocenters. The summed E-state index contributed by atoms with van der Waals surface area (Å²) in [4.78, 5) is 10.6. The average molecular weight is 241 g/mol. The highest BCUT2D eigenvalue weighted by Crippen LogP contribution is 2.16. The molecule has 6 heteroatoms. The van der Waals surface area contributed by atoms with Crippen LogP contribution in [0.2, 0.25) is 0 Å². The van der Waals surface area contributed by atoms with Crippen LogP contribution < -0.4 is 4.90 Å². The van der Waals surface area contributed by atoms with Crippen molar-refractivity contribution < 1.29 is 9.84 Å². The summed E-state index contributed by atoms with van der Waals surface area (Å²) < 4.78 is 5.27. The Hall–Kier alpha value is -0.850. The van der Waals surface area contributed by atoms with Crippen molar-refractivity contribution in [3.05, 3.63) is 12.3 Å². The normalized spacial score (nSPS) is 21.9. The highest BCUT2D eigenvalue weighted by molar-refractivity contribution is 7.98. The summed E-state index contributed by atoms with van der Waals surface area (Å²) in [5, 5.41) is 10.4. The molecule has 1 aromatic rings. The zero-order chi connectivity index (χ0) is 11.4. The maximum absolute atomic E-state index is 9.63. The lowest BCUT2D eigenvalue weighted by Crippen LogP contribution is -2.33. The van der Waals surface area contributed by atoms with Gasteiger partial charge in [-0.25, -0.2) is 9.97 Å². The zero-order valence-electron chi connectivity index (χ0n) is 9.17. The van der Waals surface area contributed by atoms with E-state index in [0.717, 1.165) is 17.5 Å². The quantitative estimate of drug-likeness (QED) is 0.597. The first kappa shape index (κ1) is 11.6. The fourth-order valence-corrected chi connectivity index (χ4v) is 1.96. The second kappa shape index (κ2) is 5.47. The third kappa shape index (κ3) is 2.84. The van der Waals surface area contributed by atoms with E-state index in [1.165, 1.54) is 11.8 Å². The number of ether oxygens (including phenoxy) is 1. The molecule has 1 atom stereocenters. The van der Waals surface area contributed by atoms with Gasteiger partial charge in [-0.1, -0.05) is 11.8 Å². The molecule has 1 aliphatic heterocycles. The van der Waals surface area contributed by atoms with Gasteiger partial charge in [0.15, 0.2) is 5.16 Å². The van der Waals surface area contributed by atoms with Gasteiger partial charge in [0, 0.05) is 19.3 Å². The summed E-state index contributed by atoms with van der Waals surface area (Å²) in [7, 11) is 0. The first-order valence-corrected chi connectivity index (χ1v) is 6.40. The minimum absolute atomic E-state index is 0.400. The van der Waals surface area contributed by atoms with E-state index >= 15 is 0 Å². The van der Waals surface area contributed by atoms with Crippen LogP contribution in [0, 0.1) is 0 Å². The van der Waals surface area contributed by atoms with Gasteiger partial charge in [-0.05, 0) is 12.3 Å². The molecule has 1 aromatic heterocycles. The molecule has 0 bridgehead atoms. The van der Waals surface area contributed by atoms with Crippen LogP contribution in [0.3, 0.4) is 0 Å². The summed E-state index contributed by atoms with van der Waals surface area (Å²) in [5.41, 5.74) is 0. The molecule has 88 valence electrons. The highest BCUT2D eigenvalue weighted by Gasteiger charge is 2.17. The molecule has 2 rings (SSSR count). The van der Waals surface area contributed by atoms with E-state index in [9.17, 15) is 5.11 Å². The Morgan fingerprint density at radius 1 is 1.62 bits per heavy atom. The summed E-state index contributed by atoms with van der Waals surface area (Å²) in [6.45, 7) is 2.33. The largest absolute Gasteiger partial charge is 0.389 e. The summed E-state index contributed by atoms with van der Waals surface area (Å²) in [6, 6.07) is 1.86. The minimum atomic E-state index is -0.449. The Bertz CT molecular complexity index is 351. The van der Waals surface area contributed by atoms with E-state index < -0.39 is 6.10 Å². The molecular formula is C10H15N3O2S. The van der Waals surface area contributed by atoms with Crippen molar-refractivity contribution in [2.24, 2.45) is 0 Å². The van der Waals surface area contributed by atoms with Crippen molar-refractivity contribution in [2.75, 3.05) is 37.5 Å². The van der Waals surface area contributed by atoms with Crippen LogP contribution in [0.5, 0.6) is 0 Å². The number of β-amino-alcohol motifs (C(OH)–C–C–N with tert-alkyl or cyclic N) is 1. The molecule has 5 nitrogen and oxygen atoms in total. The zero-order valence-corrected chi connectivity index (χ0v) is 9.98. The van der Waals surface area contributed by atoms with Crippen LogP contribution in [-0.2, 0) is 4.74 Å². The van der Waals surface area contributed by atoms with Crippen molar-refractivity contribution in [3.8, 4) is 0 Å². The van der Waals surface area contributed by atoms with E-state index in [1.54, 1.807) is 6.20 Å². The molecule has 0 aromatic carbocycles. The third-order valence-electron chi connectivity index (χ3n) is 2.37. The Labute approximate surface area is 98.8 Å². The van der Waals surface area contributed by atoms with Crippen molar-refractivity contribution in [3.63, 3.8) is 0 Å². The van der Waals surface area contributed by atoms with Gasteiger partial charge in [-0.15, -0.1) is 0 Å². The summed E-state index contributed by atoms with van der Waals surface area (Å²) in [6.07, 6.45) is 3.24. The fourth-order valence-electron chi connectivity index (χ4n) is 1.61. The fraction of sp³-hybridized carbons (Fsp3) is 0.600. The van der Waals surface area contributed by atoms with E-state index in [-0.39, 0.29) is 0 Å². The number of nitrogens with zero attached hydrogens (tertiary/aromatic N) is 3. The molecule has 0 saturated carbocycles. The molecule has 0 amide bonds. The van der Waals surface area contributed by atoms with Gasteiger partial charge in [0.05, 0.1) is 19.3 Å². The molecule has 1 aliphatic rings. The molecule has 2 heterocycles. The predicted octanol–water partition coefficient (Wildman–Crippen LogP) is 0.396. The average Bonchev–Trinajstić information content (AvgIpc) is 2.54. The van der Waals surface area contributed by atoms with Crippen molar-refractivity contribution in [1.29, 1.82) is 0 Å². The monoisotopic (exact) mass is 241 g/mol. The first-order chi connectivity index (χ1) is 7.79. The second-order valence-electron chi connectivity index (χ2n) is 3.58. The maximum atomic E-state index is 9.63. The predicted molar refractivity (Wildman–Crippen MR) is 62.9 cm³/mol. The number of aromatic nitrogens is 2. The lowest BCUT2D eigenvalue weighted by Gasteiger charge is -2.22. The number of aliphatic hydroxyl groups is 1. The van der Waals surface area contributed by atoms with Crippen LogP contribution in [0.4, 0.5) is 5.82 Å². The SMILES string of the molecule is CSc1nccc(N2CCOCC(O)C2)n1. The minimum Gasteiger partial charge on any atom is -0.389 e. The van der Waals surface area contributed by atoms with Crippen LogP contribution in [0.1, 0.15) is 0 Å². The Balaban J connectivity index is 2.14. The van der Waals surface area contributed by atoms with Crippen molar-refractivity contribution >= 4 is 17.6 Å². The standard InChI is InChI=1S/C10H15N3O2S/c1-16-10-11-3-2-9(12-10)13-4-5-15-7-8(14)6-13/h2-3,8,14H,4-7H2,1H3. The first-order valence-electron chi connectivity index (χ1n) is 5.17. The third-order valence-corrected chi connectivity index (χ3v) is 2.93. The smallest absolute Gasteiger partial charge is 0.189 e. The summed E-state index contributed by atoms with van der Waals surface area (Å²) >= 11 is 1.51. The number of rotatable bonds is 2. The van der Waals surface area contributed by atoms with E-state index in [2.05, 4.69) is 9.97 Å². The number of aliphatic hydroxyl groups excluding tert-OH is 1. The number of hydrogen-bond acceptors (Lipinski definition) is 6. The van der Waals surface area contributed by atoms with Crippen LogP contribution in [-0.4, -0.2) is 53.7 Å². The molecule has 16 heavy (non-hydrogen) atoms. The van der Waals surface area contributed by atoms with Gasteiger partial charge in [-0.3, -0.25) is 0 Å². The van der Waals surface area contributed by atoms with Gasteiger partial charge < -0.3 is 14.7 Å². The van der Waals surface area contributed by atoms with Crippen LogP contribution in [0.15, 0.2) is 17.4 Å². The van der Waals surface area contributed by atoms with E-state index in [1.807, 2.05) is 17.2 Å². The number of hydrogen-bond donors (Lipinski definition) is 1. The Morgan fingerprint density at radius 3 is 3.31 bits per heavy atom. The lowest BCUT2D eigenvalue weighted by atomic mass is 10.3. The van der Waals surface area contributed by atoms with E-state index in [0.29, 0.717) is 19.8 Å². The number of anilines is 1. The van der Waals surface area contributed by atoms with Gasteiger partial charge in [0.2, 0.25) is 0 Å². The van der Waals surface area contributed by atoms with Gasteiger partial charge in [0.1, 0.15) is 5.82 Å². The topological polar surface area (TPSA) is 58.5 Å². The Kier molecular flexibility index (Phi) is 3.98. The van der Waals surface area contributed by atoms with Gasteiger partial charge >= 0.3 is 0 Å². The van der Waals surface area contributed by atoms with Crippen LogP contribution >= 0.6 is 11.8 Å². The summed E-state index contributed by atoms with van der Waals surface area (Å²) in [5.74, 6) is 0.851. The van der Waals surface area contributed by atoms with E-state index in [4.69, 9.17) is 4.74 Å². The molecule has 1 N–H and O–H groups in total. The molecular weight excluding hydrogens is 226 g/mol. The Morgan fingerprint density at radius 2 is 2.50 bits per heavy atom. The van der Waals surface area contributed by atoms with Crippen molar-refractivity contribution in [2.45, 2.75) is 11.3 Å². The van der Waals surface area contributed by atoms with Gasteiger partial charge in [0.25, 0.3) is 0 Å². The molecule has 1 fully saturated rings. The molecule has 0 radical (unpaired) electrons. The van der Waals surface area contributed by atoms with Gasteiger partial charge in [-0.2, -0.15) is 0 Å². The molecule has 0 aliphatic carbocycles. The molecule has 1 saturated heterocycles. The van der Waals surface area contributed by atoms with Crippen LogP contribution in [0.25, 0.3) is 0 Å². The number of thioether (sulfide) groups is 1. The highest BCUT2D eigenvalue weighted by atomic mass is 32.2. The van der Waals surface area contributed by atoms with Crippen molar-refractivity contribution in [1.82, 2.24) is 9.97 Å². The second-order valence-corrected chi connectivity index (χ2v) is 4.35. The lowest BCUT2D eigenvalue weighted by molar-refractivity contribution is 0.0597. The maximum Gasteiger partial charge on any atom is 0.189 e. The molecule has 0 spiro atoms.